The second kappa shape index (κ2) is 3.36. The molecule has 1 aromatic rings. The standard InChI is InChI=1S/C7H10N2O3/c1-4-6(5(2)12-8-4)7(10)9-11-3/h1-3H3,(H,9,10). The van der Waals surface area contributed by atoms with Crippen LogP contribution in [0.5, 0.6) is 0 Å². The zero-order chi connectivity index (χ0) is 9.14. The molecule has 0 aliphatic rings. The molecule has 0 atom stereocenters. The van der Waals surface area contributed by atoms with Gasteiger partial charge in [0.15, 0.2) is 0 Å². The maximum absolute atomic E-state index is 11.2. The minimum Gasteiger partial charge on any atom is -0.361 e. The molecule has 0 aliphatic heterocycles. The molecule has 0 saturated carbocycles. The lowest BCUT2D eigenvalue weighted by molar-refractivity contribution is 0.0535. The number of aryl methyl sites for hydroxylation is 2. The van der Waals surface area contributed by atoms with Gasteiger partial charge in [0.2, 0.25) is 0 Å². The third-order valence-corrected chi connectivity index (χ3v) is 1.46. The fourth-order valence-electron chi connectivity index (χ4n) is 0.951. The smallest absolute Gasteiger partial charge is 0.280 e. The maximum Gasteiger partial charge on any atom is 0.280 e. The van der Waals surface area contributed by atoms with Gasteiger partial charge in [-0.25, -0.2) is 5.48 Å². The average molecular weight is 170 g/mol. The number of hydrogen-bond donors (Lipinski definition) is 1. The van der Waals surface area contributed by atoms with Gasteiger partial charge >= 0.3 is 0 Å². The van der Waals surface area contributed by atoms with Gasteiger partial charge in [-0.05, 0) is 13.8 Å². The van der Waals surface area contributed by atoms with E-state index in [1.807, 2.05) is 0 Å². The average Bonchev–Trinajstić information content (AvgIpc) is 2.32. The Morgan fingerprint density at radius 1 is 1.58 bits per heavy atom. The van der Waals surface area contributed by atoms with Crippen LogP contribution in [0, 0.1) is 13.8 Å². The highest BCUT2D eigenvalue weighted by Gasteiger charge is 2.16. The first-order valence-corrected chi connectivity index (χ1v) is 3.43. The van der Waals surface area contributed by atoms with Gasteiger partial charge in [-0.3, -0.25) is 9.63 Å². The molecule has 0 bridgehead atoms. The second-order valence-electron chi connectivity index (χ2n) is 2.33. The molecule has 0 spiro atoms. The van der Waals surface area contributed by atoms with Crippen LogP contribution in [-0.4, -0.2) is 18.2 Å². The van der Waals surface area contributed by atoms with E-state index in [0.29, 0.717) is 17.0 Å². The van der Waals surface area contributed by atoms with Gasteiger partial charge in [0, 0.05) is 0 Å². The number of hydroxylamine groups is 1. The third kappa shape index (κ3) is 1.45. The summed E-state index contributed by atoms with van der Waals surface area (Å²) >= 11 is 0. The quantitative estimate of drug-likeness (QED) is 0.659. The first-order chi connectivity index (χ1) is 5.66. The molecule has 1 aromatic heterocycles. The van der Waals surface area contributed by atoms with Crippen LogP contribution in [0.15, 0.2) is 4.52 Å². The van der Waals surface area contributed by atoms with Crippen LogP contribution < -0.4 is 5.48 Å². The highest BCUT2D eigenvalue weighted by Crippen LogP contribution is 2.11. The van der Waals surface area contributed by atoms with E-state index in [-0.39, 0.29) is 5.91 Å². The number of rotatable bonds is 2. The summed E-state index contributed by atoms with van der Waals surface area (Å²) in [7, 11) is 1.37. The van der Waals surface area contributed by atoms with Crippen molar-refractivity contribution in [3.05, 3.63) is 17.0 Å². The van der Waals surface area contributed by atoms with E-state index in [2.05, 4.69) is 15.5 Å². The van der Waals surface area contributed by atoms with E-state index in [4.69, 9.17) is 4.52 Å². The number of hydrogen-bond acceptors (Lipinski definition) is 4. The summed E-state index contributed by atoms with van der Waals surface area (Å²) in [6.07, 6.45) is 0. The fourth-order valence-corrected chi connectivity index (χ4v) is 0.951. The maximum atomic E-state index is 11.2. The van der Waals surface area contributed by atoms with Crippen molar-refractivity contribution in [2.75, 3.05) is 7.11 Å². The number of amides is 1. The molecule has 0 aromatic carbocycles. The molecule has 0 saturated heterocycles. The number of aromatic nitrogens is 1. The predicted octanol–water partition coefficient (Wildman–Crippen LogP) is 0.583. The predicted molar refractivity (Wildman–Crippen MR) is 40.5 cm³/mol. The molecular formula is C7H10N2O3. The Morgan fingerprint density at radius 3 is 2.67 bits per heavy atom. The molecule has 1 N–H and O–H groups in total. The largest absolute Gasteiger partial charge is 0.361 e. The Kier molecular flexibility index (Phi) is 2.44. The molecule has 1 rings (SSSR count). The van der Waals surface area contributed by atoms with Gasteiger partial charge < -0.3 is 4.52 Å². The Balaban J connectivity index is 2.93. The molecule has 0 aliphatic carbocycles. The van der Waals surface area contributed by atoms with Crippen LogP contribution in [0.2, 0.25) is 0 Å². The monoisotopic (exact) mass is 170 g/mol. The number of nitrogens with one attached hydrogen (secondary N) is 1. The summed E-state index contributed by atoms with van der Waals surface area (Å²) in [6.45, 7) is 3.37. The van der Waals surface area contributed by atoms with Crippen molar-refractivity contribution in [2.45, 2.75) is 13.8 Å². The molecular weight excluding hydrogens is 160 g/mol. The zero-order valence-corrected chi connectivity index (χ0v) is 7.17. The highest BCUT2D eigenvalue weighted by molar-refractivity contribution is 5.95. The van der Waals surface area contributed by atoms with E-state index >= 15 is 0 Å². The lowest BCUT2D eigenvalue weighted by Gasteiger charge is -1.99. The van der Waals surface area contributed by atoms with Crippen LogP contribution in [0.3, 0.4) is 0 Å². The summed E-state index contributed by atoms with van der Waals surface area (Å²) in [6, 6.07) is 0. The fraction of sp³-hybridized carbons (Fsp3) is 0.429. The van der Waals surface area contributed by atoms with E-state index in [1.165, 1.54) is 7.11 Å². The van der Waals surface area contributed by atoms with Crippen molar-refractivity contribution >= 4 is 5.91 Å². The van der Waals surface area contributed by atoms with Gasteiger partial charge in [-0.1, -0.05) is 5.16 Å². The molecule has 12 heavy (non-hydrogen) atoms. The van der Waals surface area contributed by atoms with Gasteiger partial charge in [-0.15, -0.1) is 0 Å². The number of nitrogens with zero attached hydrogens (tertiary/aromatic N) is 1. The van der Waals surface area contributed by atoms with Crippen LogP contribution in [0.25, 0.3) is 0 Å². The van der Waals surface area contributed by atoms with Crippen molar-refractivity contribution < 1.29 is 14.2 Å². The molecule has 5 heteroatoms. The Labute approximate surface area is 69.6 Å². The highest BCUT2D eigenvalue weighted by atomic mass is 16.6. The zero-order valence-electron chi connectivity index (χ0n) is 7.17. The molecule has 66 valence electrons. The second-order valence-corrected chi connectivity index (χ2v) is 2.33. The molecule has 0 fully saturated rings. The Morgan fingerprint density at radius 2 is 2.25 bits per heavy atom. The summed E-state index contributed by atoms with van der Waals surface area (Å²) in [5, 5.41) is 3.63. The molecule has 1 amide bonds. The Bertz CT molecular complexity index is 273. The molecule has 1 heterocycles. The van der Waals surface area contributed by atoms with Crippen molar-refractivity contribution in [3.8, 4) is 0 Å². The van der Waals surface area contributed by atoms with Crippen molar-refractivity contribution in [3.63, 3.8) is 0 Å². The van der Waals surface area contributed by atoms with Crippen molar-refractivity contribution in [2.24, 2.45) is 0 Å². The van der Waals surface area contributed by atoms with E-state index in [9.17, 15) is 4.79 Å². The van der Waals surface area contributed by atoms with E-state index in [1.54, 1.807) is 13.8 Å². The molecule has 0 unspecified atom stereocenters. The van der Waals surface area contributed by atoms with Crippen LogP contribution in [-0.2, 0) is 4.84 Å². The van der Waals surface area contributed by atoms with E-state index in [0.717, 1.165) is 0 Å². The van der Waals surface area contributed by atoms with Crippen molar-refractivity contribution in [1.29, 1.82) is 0 Å². The Hall–Kier alpha value is -1.36. The number of carbonyl (C=O) groups is 1. The van der Waals surface area contributed by atoms with Gasteiger partial charge in [0.25, 0.3) is 5.91 Å². The van der Waals surface area contributed by atoms with Crippen LogP contribution in [0.4, 0.5) is 0 Å². The summed E-state index contributed by atoms with van der Waals surface area (Å²) in [5.41, 5.74) is 3.18. The SMILES string of the molecule is CONC(=O)c1c(C)noc1C. The van der Waals surface area contributed by atoms with Crippen LogP contribution in [0.1, 0.15) is 21.8 Å². The third-order valence-electron chi connectivity index (χ3n) is 1.46. The molecule has 5 nitrogen and oxygen atoms in total. The van der Waals surface area contributed by atoms with Gasteiger partial charge in [-0.2, -0.15) is 0 Å². The minimum atomic E-state index is -0.339. The first-order valence-electron chi connectivity index (χ1n) is 3.43. The summed E-state index contributed by atoms with van der Waals surface area (Å²) in [5.74, 6) is 0.149. The van der Waals surface area contributed by atoms with Gasteiger partial charge in [0.1, 0.15) is 11.3 Å². The van der Waals surface area contributed by atoms with Gasteiger partial charge in [0.05, 0.1) is 12.8 Å². The lowest BCUT2D eigenvalue weighted by Crippen LogP contribution is -2.22. The lowest BCUT2D eigenvalue weighted by atomic mass is 10.2. The molecule has 0 radical (unpaired) electrons. The van der Waals surface area contributed by atoms with Crippen molar-refractivity contribution in [1.82, 2.24) is 10.6 Å². The summed E-state index contributed by atoms with van der Waals surface area (Å²) < 4.78 is 4.80. The van der Waals surface area contributed by atoms with Crippen LogP contribution >= 0.6 is 0 Å². The number of carbonyl (C=O) groups excluding carboxylic acids is 1. The van der Waals surface area contributed by atoms with E-state index < -0.39 is 0 Å². The minimum absolute atomic E-state index is 0.339. The summed E-state index contributed by atoms with van der Waals surface area (Å²) in [4.78, 5) is 15.7. The first kappa shape index (κ1) is 8.73. The topological polar surface area (TPSA) is 64.4 Å². The normalized spacial score (nSPS) is 9.92.